The van der Waals surface area contributed by atoms with Crippen LogP contribution >= 0.6 is 11.8 Å². The summed E-state index contributed by atoms with van der Waals surface area (Å²) in [5.74, 6) is 1.94. The van der Waals surface area contributed by atoms with Crippen molar-refractivity contribution >= 4 is 11.8 Å². The van der Waals surface area contributed by atoms with Crippen LogP contribution in [0.4, 0.5) is 0 Å². The quantitative estimate of drug-likeness (QED) is 0.656. The number of rotatable bonds is 2. The Morgan fingerprint density at radius 2 is 2.18 bits per heavy atom. The van der Waals surface area contributed by atoms with Crippen LogP contribution in [0.15, 0.2) is 0 Å². The van der Waals surface area contributed by atoms with Crippen LogP contribution in [-0.4, -0.2) is 33.9 Å². The van der Waals surface area contributed by atoms with E-state index in [0.717, 1.165) is 17.9 Å². The van der Waals surface area contributed by atoms with Crippen LogP contribution in [0.5, 0.6) is 0 Å². The fraction of sp³-hybridized carbons (Fsp3) is 1.00. The monoisotopic (exact) mass is 176 g/mol. The Labute approximate surface area is 72.0 Å². The molecule has 1 unspecified atom stereocenters. The highest BCUT2D eigenvalue weighted by atomic mass is 32.2. The van der Waals surface area contributed by atoms with Crippen molar-refractivity contribution in [3.05, 3.63) is 0 Å². The third-order valence-electron chi connectivity index (χ3n) is 2.70. The molecule has 1 aliphatic rings. The van der Waals surface area contributed by atoms with Gasteiger partial charge in [0.05, 0.1) is 12.2 Å². The Morgan fingerprint density at radius 3 is 2.36 bits per heavy atom. The summed E-state index contributed by atoms with van der Waals surface area (Å²) in [4.78, 5) is 0. The Hall–Kier alpha value is 0.270. The molecule has 0 bridgehead atoms. The van der Waals surface area contributed by atoms with E-state index in [1.54, 1.807) is 13.8 Å². The molecule has 1 aliphatic heterocycles. The van der Waals surface area contributed by atoms with Gasteiger partial charge in [0.25, 0.3) is 0 Å². The molecule has 11 heavy (non-hydrogen) atoms. The molecule has 0 saturated carbocycles. The lowest BCUT2D eigenvalue weighted by molar-refractivity contribution is -0.0685. The van der Waals surface area contributed by atoms with E-state index in [4.69, 9.17) is 0 Å². The van der Waals surface area contributed by atoms with Gasteiger partial charge >= 0.3 is 0 Å². The number of thioether (sulfide) groups is 1. The summed E-state index contributed by atoms with van der Waals surface area (Å²) >= 11 is 1.81. The van der Waals surface area contributed by atoms with Crippen molar-refractivity contribution in [2.24, 2.45) is 5.41 Å². The molecule has 66 valence electrons. The predicted octanol–water partition coefficient (Wildman–Crippen LogP) is 0.873. The highest BCUT2D eigenvalue weighted by Gasteiger charge is 2.45. The number of aliphatic hydroxyl groups excluding tert-OH is 1. The first kappa shape index (κ1) is 9.36. The molecule has 0 amide bonds. The van der Waals surface area contributed by atoms with Gasteiger partial charge in [0, 0.05) is 11.2 Å². The largest absolute Gasteiger partial charge is 0.396 e. The van der Waals surface area contributed by atoms with Crippen LogP contribution < -0.4 is 0 Å². The van der Waals surface area contributed by atoms with E-state index < -0.39 is 5.60 Å². The highest BCUT2D eigenvalue weighted by molar-refractivity contribution is 7.99. The standard InChI is InChI=1S/C8H16O2S/c1-7(2,10)8(5-9)3-4-11-6-8/h9-10H,3-6H2,1-2H3. The van der Waals surface area contributed by atoms with Gasteiger partial charge < -0.3 is 10.2 Å². The molecule has 0 spiro atoms. The lowest BCUT2D eigenvalue weighted by Gasteiger charge is -2.38. The van der Waals surface area contributed by atoms with Gasteiger partial charge in [-0.05, 0) is 26.0 Å². The molecular weight excluding hydrogens is 160 g/mol. The van der Waals surface area contributed by atoms with E-state index in [-0.39, 0.29) is 12.0 Å². The predicted molar refractivity (Wildman–Crippen MR) is 47.8 cm³/mol. The van der Waals surface area contributed by atoms with Crippen LogP contribution in [0.2, 0.25) is 0 Å². The summed E-state index contributed by atoms with van der Waals surface area (Å²) in [6.45, 7) is 3.67. The normalized spacial score (nSPS) is 32.7. The molecule has 0 aliphatic carbocycles. The zero-order valence-corrected chi connectivity index (χ0v) is 7.95. The summed E-state index contributed by atoms with van der Waals surface area (Å²) in [6.07, 6.45) is 0.928. The molecule has 0 aromatic rings. The molecular formula is C8H16O2S. The maximum Gasteiger partial charge on any atom is 0.0677 e. The molecule has 2 nitrogen and oxygen atoms in total. The van der Waals surface area contributed by atoms with Crippen molar-refractivity contribution in [1.82, 2.24) is 0 Å². The van der Waals surface area contributed by atoms with E-state index in [1.165, 1.54) is 0 Å². The summed E-state index contributed by atoms with van der Waals surface area (Å²) in [5, 5.41) is 19.0. The van der Waals surface area contributed by atoms with Crippen molar-refractivity contribution in [2.75, 3.05) is 18.1 Å². The number of aliphatic hydroxyl groups is 2. The van der Waals surface area contributed by atoms with Crippen LogP contribution in [0, 0.1) is 5.41 Å². The molecule has 1 saturated heterocycles. The molecule has 1 rings (SSSR count). The van der Waals surface area contributed by atoms with Gasteiger partial charge in [-0.25, -0.2) is 0 Å². The van der Waals surface area contributed by atoms with Crippen LogP contribution in [0.1, 0.15) is 20.3 Å². The fourth-order valence-corrected chi connectivity index (χ4v) is 3.07. The minimum Gasteiger partial charge on any atom is -0.396 e. The average molecular weight is 176 g/mol. The topological polar surface area (TPSA) is 40.5 Å². The summed E-state index contributed by atoms with van der Waals surface area (Å²) in [7, 11) is 0. The first-order chi connectivity index (χ1) is 5.02. The SMILES string of the molecule is CC(C)(O)C1(CO)CCSC1. The third kappa shape index (κ3) is 1.55. The first-order valence-corrected chi connectivity index (χ1v) is 5.08. The second kappa shape index (κ2) is 2.96. The summed E-state index contributed by atoms with van der Waals surface area (Å²) in [6, 6.07) is 0. The Balaban J connectivity index is 2.75. The van der Waals surface area contributed by atoms with Gasteiger partial charge in [-0.2, -0.15) is 11.8 Å². The van der Waals surface area contributed by atoms with Crippen molar-refractivity contribution < 1.29 is 10.2 Å². The minimum atomic E-state index is -0.745. The van der Waals surface area contributed by atoms with Gasteiger partial charge in [0.15, 0.2) is 0 Å². The lowest BCUT2D eigenvalue weighted by Crippen LogP contribution is -2.46. The zero-order valence-electron chi connectivity index (χ0n) is 7.13. The molecule has 1 atom stereocenters. The molecule has 2 N–H and O–H groups in total. The van der Waals surface area contributed by atoms with Crippen molar-refractivity contribution in [3.8, 4) is 0 Å². The molecule has 3 heteroatoms. The molecule has 1 fully saturated rings. The maximum atomic E-state index is 9.79. The maximum absolute atomic E-state index is 9.79. The van der Waals surface area contributed by atoms with Gasteiger partial charge in [-0.3, -0.25) is 0 Å². The van der Waals surface area contributed by atoms with Gasteiger partial charge in [-0.1, -0.05) is 0 Å². The van der Waals surface area contributed by atoms with E-state index in [2.05, 4.69) is 0 Å². The Morgan fingerprint density at radius 1 is 1.55 bits per heavy atom. The van der Waals surface area contributed by atoms with Crippen molar-refractivity contribution in [1.29, 1.82) is 0 Å². The average Bonchev–Trinajstić information content (AvgIpc) is 2.33. The van der Waals surface area contributed by atoms with Gasteiger partial charge in [-0.15, -0.1) is 0 Å². The molecule has 0 aromatic carbocycles. The van der Waals surface area contributed by atoms with E-state index >= 15 is 0 Å². The van der Waals surface area contributed by atoms with Crippen molar-refractivity contribution in [3.63, 3.8) is 0 Å². The minimum absolute atomic E-state index is 0.101. The lowest BCUT2D eigenvalue weighted by atomic mass is 9.74. The third-order valence-corrected chi connectivity index (χ3v) is 3.95. The summed E-state index contributed by atoms with van der Waals surface area (Å²) in [5.41, 5.74) is -0.997. The van der Waals surface area contributed by atoms with Gasteiger partial charge in [0.2, 0.25) is 0 Å². The molecule has 1 heterocycles. The summed E-state index contributed by atoms with van der Waals surface area (Å²) < 4.78 is 0. The van der Waals surface area contributed by atoms with Crippen LogP contribution in [-0.2, 0) is 0 Å². The number of hydrogen-bond acceptors (Lipinski definition) is 3. The first-order valence-electron chi connectivity index (χ1n) is 3.93. The van der Waals surface area contributed by atoms with E-state index in [0.29, 0.717) is 0 Å². The van der Waals surface area contributed by atoms with Crippen LogP contribution in [0.25, 0.3) is 0 Å². The highest BCUT2D eigenvalue weighted by Crippen LogP contribution is 2.43. The van der Waals surface area contributed by atoms with Crippen LogP contribution in [0.3, 0.4) is 0 Å². The van der Waals surface area contributed by atoms with E-state index in [1.807, 2.05) is 11.8 Å². The van der Waals surface area contributed by atoms with Crippen molar-refractivity contribution in [2.45, 2.75) is 25.9 Å². The second-order valence-corrected chi connectivity index (χ2v) is 4.91. The Bertz CT molecular complexity index is 134. The second-order valence-electron chi connectivity index (χ2n) is 3.80. The molecule has 0 radical (unpaired) electrons. The zero-order chi connectivity index (χ0) is 8.54. The van der Waals surface area contributed by atoms with E-state index in [9.17, 15) is 10.2 Å². The fourth-order valence-electron chi connectivity index (χ4n) is 1.41. The Kier molecular flexibility index (Phi) is 2.52. The van der Waals surface area contributed by atoms with Gasteiger partial charge in [0.1, 0.15) is 0 Å². The molecule has 0 aromatic heterocycles. The smallest absolute Gasteiger partial charge is 0.0677 e. The number of hydrogen-bond donors (Lipinski definition) is 2.